The molecule has 3 aromatic heterocycles. The normalized spacial score (nSPS) is 11.9. The molecule has 11 nitrogen and oxygen atoms in total. The number of pyridine rings is 1. The van der Waals surface area contributed by atoms with Crippen LogP contribution >= 0.6 is 11.6 Å². The van der Waals surface area contributed by atoms with Crippen molar-refractivity contribution in [2.45, 2.75) is 39.3 Å². The molecule has 5 rings (SSSR count). The van der Waals surface area contributed by atoms with E-state index in [9.17, 15) is 19.5 Å². The quantitative estimate of drug-likeness (QED) is 0.187. The fourth-order valence-electron chi connectivity index (χ4n) is 4.94. The number of nitrogens with one attached hydrogen (secondary N) is 3. The SMILES string of the molecule is Cc1n[nH]cc1-c1ccc(NC(=O)[C@H](Cc2cc(-c3ccc(=O)n(C(C)C)c3)ccc2Cl)NC(=O)c2ccnn2C)cc1O. The predicted octanol–water partition coefficient (Wildman–Crippen LogP) is 4.87. The van der Waals surface area contributed by atoms with E-state index in [4.69, 9.17) is 11.6 Å². The van der Waals surface area contributed by atoms with Gasteiger partial charge in [0.1, 0.15) is 17.5 Å². The second-order valence-electron chi connectivity index (χ2n) is 10.7. The molecule has 0 aliphatic rings. The van der Waals surface area contributed by atoms with E-state index in [0.29, 0.717) is 21.8 Å². The van der Waals surface area contributed by atoms with Crippen LogP contribution in [-0.2, 0) is 18.3 Å². The highest BCUT2D eigenvalue weighted by Crippen LogP contribution is 2.33. The van der Waals surface area contributed by atoms with Crippen molar-refractivity contribution >= 4 is 29.1 Å². The number of amides is 2. The Morgan fingerprint density at radius 1 is 1.05 bits per heavy atom. The number of benzene rings is 2. The Labute approximate surface area is 258 Å². The molecule has 0 spiro atoms. The summed E-state index contributed by atoms with van der Waals surface area (Å²) in [6.45, 7) is 5.68. The number of phenols is 1. The van der Waals surface area contributed by atoms with Crippen LogP contribution in [0.15, 0.2) is 78.0 Å². The summed E-state index contributed by atoms with van der Waals surface area (Å²) in [5, 5.41) is 27.6. The summed E-state index contributed by atoms with van der Waals surface area (Å²) >= 11 is 6.61. The number of hydrogen-bond donors (Lipinski definition) is 4. The average molecular weight is 614 g/mol. The van der Waals surface area contributed by atoms with E-state index in [1.165, 1.54) is 23.0 Å². The van der Waals surface area contributed by atoms with Crippen LogP contribution in [0.1, 0.15) is 41.6 Å². The Balaban J connectivity index is 1.45. The highest BCUT2D eigenvalue weighted by atomic mass is 35.5. The standard InChI is InChI=1S/C32H32ClN7O4/c1-18(2)40-17-21(6-10-30(40)42)20-5-9-26(33)22(13-20)14-27(37-32(44)28-11-12-35-39(28)4)31(43)36-23-7-8-24(29(41)15-23)25-16-34-38-19(25)3/h5-13,15-18,27,41H,14H2,1-4H3,(H,34,38)(H,36,43)(H,37,44)/t27-/m0/s1. The van der Waals surface area contributed by atoms with Gasteiger partial charge in [0.15, 0.2) is 0 Å². The Bertz CT molecular complexity index is 1910. The largest absolute Gasteiger partial charge is 0.507 e. The number of anilines is 1. The maximum atomic E-state index is 13.7. The molecule has 3 heterocycles. The summed E-state index contributed by atoms with van der Waals surface area (Å²) in [6.07, 6.45) is 5.02. The molecule has 1 atom stereocenters. The van der Waals surface area contributed by atoms with Crippen molar-refractivity contribution in [3.63, 3.8) is 0 Å². The number of carbonyl (C=O) groups is 2. The van der Waals surface area contributed by atoms with Gasteiger partial charge in [-0.15, -0.1) is 0 Å². The van der Waals surface area contributed by atoms with Crippen LogP contribution in [0.4, 0.5) is 5.69 Å². The van der Waals surface area contributed by atoms with Crippen LogP contribution in [0, 0.1) is 6.92 Å². The second kappa shape index (κ2) is 12.6. The third-order valence-corrected chi connectivity index (χ3v) is 7.73. The van der Waals surface area contributed by atoms with Crippen molar-refractivity contribution in [3.05, 3.63) is 106 Å². The van der Waals surface area contributed by atoms with Crippen LogP contribution in [0.3, 0.4) is 0 Å². The molecule has 5 aromatic rings. The first-order valence-electron chi connectivity index (χ1n) is 14.0. The van der Waals surface area contributed by atoms with Crippen LogP contribution in [0.5, 0.6) is 5.75 Å². The van der Waals surface area contributed by atoms with Crippen LogP contribution in [0.2, 0.25) is 5.02 Å². The number of carbonyl (C=O) groups excluding carboxylic acids is 2. The first-order chi connectivity index (χ1) is 21.0. The molecule has 44 heavy (non-hydrogen) atoms. The van der Waals surface area contributed by atoms with E-state index in [1.54, 1.807) is 54.3 Å². The summed E-state index contributed by atoms with van der Waals surface area (Å²) in [6, 6.07) is 13.9. The number of halogens is 1. The van der Waals surface area contributed by atoms with Gasteiger partial charge in [-0.25, -0.2) is 0 Å². The zero-order valence-corrected chi connectivity index (χ0v) is 25.4. The Morgan fingerprint density at radius 2 is 1.82 bits per heavy atom. The Hall–Kier alpha value is -5.16. The van der Waals surface area contributed by atoms with Gasteiger partial charge in [0.2, 0.25) is 5.91 Å². The Morgan fingerprint density at radius 3 is 2.48 bits per heavy atom. The smallest absolute Gasteiger partial charge is 0.270 e. The Kier molecular flexibility index (Phi) is 8.68. The minimum Gasteiger partial charge on any atom is -0.507 e. The molecule has 0 aliphatic carbocycles. The van der Waals surface area contributed by atoms with Gasteiger partial charge < -0.3 is 20.3 Å². The summed E-state index contributed by atoms with van der Waals surface area (Å²) < 4.78 is 3.05. The second-order valence-corrected chi connectivity index (χ2v) is 11.1. The van der Waals surface area contributed by atoms with E-state index in [2.05, 4.69) is 25.9 Å². The van der Waals surface area contributed by atoms with E-state index in [-0.39, 0.29) is 29.5 Å². The lowest BCUT2D eigenvalue weighted by Crippen LogP contribution is -2.45. The third kappa shape index (κ3) is 6.42. The summed E-state index contributed by atoms with van der Waals surface area (Å²) in [7, 11) is 1.63. The van der Waals surface area contributed by atoms with Gasteiger partial charge in [0, 0.05) is 72.1 Å². The molecule has 226 valence electrons. The predicted molar refractivity (Wildman–Crippen MR) is 169 cm³/mol. The van der Waals surface area contributed by atoms with E-state index >= 15 is 0 Å². The van der Waals surface area contributed by atoms with E-state index in [0.717, 1.165) is 22.4 Å². The molecule has 0 aliphatic heterocycles. The number of phenolic OH excluding ortho intramolecular Hbond substituents is 1. The fourth-order valence-corrected chi connectivity index (χ4v) is 5.14. The molecule has 4 N–H and O–H groups in total. The van der Waals surface area contributed by atoms with Crippen molar-refractivity contribution < 1.29 is 14.7 Å². The van der Waals surface area contributed by atoms with E-state index < -0.39 is 17.9 Å². The summed E-state index contributed by atoms with van der Waals surface area (Å²) in [5.41, 5.74) is 4.74. The number of nitrogens with zero attached hydrogens (tertiary/aromatic N) is 4. The maximum Gasteiger partial charge on any atom is 0.270 e. The number of hydrogen-bond acceptors (Lipinski definition) is 6. The van der Waals surface area contributed by atoms with E-state index in [1.807, 2.05) is 32.9 Å². The summed E-state index contributed by atoms with van der Waals surface area (Å²) in [4.78, 5) is 39.2. The molecular formula is C32H32ClN7O4. The van der Waals surface area contributed by atoms with Crippen molar-refractivity contribution in [1.29, 1.82) is 0 Å². The van der Waals surface area contributed by atoms with Gasteiger partial charge in [0.05, 0.1) is 5.69 Å². The lowest BCUT2D eigenvalue weighted by atomic mass is 9.99. The minimum atomic E-state index is -1.05. The lowest BCUT2D eigenvalue weighted by molar-refractivity contribution is -0.118. The van der Waals surface area contributed by atoms with Crippen LogP contribution in [-0.4, -0.2) is 47.5 Å². The molecule has 0 saturated carbocycles. The van der Waals surface area contributed by atoms with Crippen LogP contribution < -0.4 is 16.2 Å². The van der Waals surface area contributed by atoms with Crippen molar-refractivity contribution in [3.8, 4) is 28.0 Å². The minimum absolute atomic E-state index is 0.0262. The third-order valence-electron chi connectivity index (χ3n) is 7.36. The van der Waals surface area contributed by atoms with Crippen LogP contribution in [0.25, 0.3) is 22.3 Å². The van der Waals surface area contributed by atoms with Gasteiger partial charge in [-0.1, -0.05) is 17.7 Å². The van der Waals surface area contributed by atoms with Crippen molar-refractivity contribution in [1.82, 2.24) is 29.9 Å². The zero-order chi connectivity index (χ0) is 31.5. The molecule has 0 saturated heterocycles. The first-order valence-corrected chi connectivity index (χ1v) is 14.3. The molecule has 2 amide bonds. The topological polar surface area (TPSA) is 147 Å². The van der Waals surface area contributed by atoms with Crippen molar-refractivity contribution in [2.75, 3.05) is 5.32 Å². The van der Waals surface area contributed by atoms with Gasteiger partial charge in [0.25, 0.3) is 11.5 Å². The van der Waals surface area contributed by atoms with Gasteiger partial charge in [-0.2, -0.15) is 10.2 Å². The number of aromatic nitrogens is 5. The van der Waals surface area contributed by atoms with Crippen molar-refractivity contribution in [2.24, 2.45) is 7.05 Å². The highest BCUT2D eigenvalue weighted by molar-refractivity contribution is 6.31. The maximum absolute atomic E-state index is 13.7. The average Bonchev–Trinajstić information content (AvgIpc) is 3.61. The summed E-state index contributed by atoms with van der Waals surface area (Å²) in [5.74, 6) is -1.04. The number of H-pyrrole nitrogens is 1. The molecular weight excluding hydrogens is 582 g/mol. The molecule has 2 aromatic carbocycles. The highest BCUT2D eigenvalue weighted by Gasteiger charge is 2.25. The molecule has 0 bridgehead atoms. The number of rotatable bonds is 9. The number of aromatic amines is 1. The van der Waals surface area contributed by atoms with Gasteiger partial charge >= 0.3 is 0 Å². The zero-order valence-electron chi connectivity index (χ0n) is 24.6. The fraction of sp³-hybridized carbons (Fsp3) is 0.219. The molecule has 0 fully saturated rings. The number of aromatic hydroxyl groups is 1. The molecule has 0 unspecified atom stereocenters. The number of aryl methyl sites for hydroxylation is 2. The lowest BCUT2D eigenvalue weighted by Gasteiger charge is -2.20. The first kappa shape index (κ1) is 30.3. The molecule has 12 heteroatoms. The monoisotopic (exact) mass is 613 g/mol. The molecule has 0 radical (unpaired) electrons. The van der Waals surface area contributed by atoms with Gasteiger partial charge in [-0.05, 0) is 73.9 Å². The van der Waals surface area contributed by atoms with Gasteiger partial charge in [-0.3, -0.25) is 24.2 Å².